The van der Waals surface area contributed by atoms with Gasteiger partial charge in [-0.1, -0.05) is 19.2 Å². The van der Waals surface area contributed by atoms with Crippen molar-refractivity contribution in [1.29, 1.82) is 0 Å². The number of aliphatic hydroxyl groups is 1. The maximum absolute atomic E-state index is 11.0. The first-order valence-electron chi connectivity index (χ1n) is 9.58. The summed E-state index contributed by atoms with van der Waals surface area (Å²) in [5, 5.41) is 11.0. The third kappa shape index (κ3) is 4.56. The van der Waals surface area contributed by atoms with Gasteiger partial charge < -0.3 is 23.7 Å². The Morgan fingerprint density at radius 1 is 1.10 bits per heavy atom. The molecule has 0 saturated carbocycles. The van der Waals surface area contributed by atoms with Crippen molar-refractivity contribution in [3.05, 3.63) is 71.7 Å². The van der Waals surface area contributed by atoms with Crippen LogP contribution in [-0.2, 0) is 23.4 Å². The van der Waals surface area contributed by atoms with Gasteiger partial charge in [-0.2, -0.15) is 0 Å². The van der Waals surface area contributed by atoms with Gasteiger partial charge in [0.2, 0.25) is 6.79 Å². The number of rotatable bonds is 10. The summed E-state index contributed by atoms with van der Waals surface area (Å²) in [6.45, 7) is 14.2. The highest BCUT2D eigenvalue weighted by molar-refractivity contribution is 5.44. The average molecular weight is 399 g/mol. The van der Waals surface area contributed by atoms with Crippen LogP contribution in [-0.4, -0.2) is 37.1 Å². The molecule has 0 bridgehead atoms. The maximum atomic E-state index is 11.0. The standard InChI is InChI=1S/C23H29NO5/c1-16(2)23(25,17(3)4)22-9-7-19(29-22)14-24(10-11-26-5)13-18-6-8-20-21(12-18)28-15-27-20/h6-9,12,25H,1,3,10-11,13-15H2,2,4-5H3. The van der Waals surface area contributed by atoms with Crippen molar-refractivity contribution < 1.29 is 23.7 Å². The van der Waals surface area contributed by atoms with Crippen LogP contribution >= 0.6 is 0 Å². The second-order valence-corrected chi connectivity index (χ2v) is 7.43. The van der Waals surface area contributed by atoms with E-state index >= 15 is 0 Å². The first kappa shape index (κ1) is 21.2. The predicted molar refractivity (Wildman–Crippen MR) is 111 cm³/mol. The van der Waals surface area contributed by atoms with Crippen molar-refractivity contribution >= 4 is 0 Å². The SMILES string of the molecule is C=C(C)C(O)(C(=C)C)c1ccc(CN(CCOC)Cc2ccc3c(c2)OCO3)o1. The lowest BCUT2D eigenvalue weighted by Crippen LogP contribution is -2.28. The molecule has 0 saturated heterocycles. The molecule has 0 spiro atoms. The number of furan rings is 1. The summed E-state index contributed by atoms with van der Waals surface area (Å²) in [5.41, 5.74) is 0.884. The van der Waals surface area contributed by atoms with Gasteiger partial charge in [0.05, 0.1) is 13.2 Å². The summed E-state index contributed by atoms with van der Waals surface area (Å²) >= 11 is 0. The molecule has 1 N–H and O–H groups in total. The summed E-state index contributed by atoms with van der Waals surface area (Å²) in [6.07, 6.45) is 0. The monoisotopic (exact) mass is 399 g/mol. The molecule has 2 heterocycles. The Morgan fingerprint density at radius 2 is 1.83 bits per heavy atom. The maximum Gasteiger partial charge on any atom is 0.231 e. The summed E-state index contributed by atoms with van der Waals surface area (Å²) < 4.78 is 22.1. The second-order valence-electron chi connectivity index (χ2n) is 7.43. The highest BCUT2D eigenvalue weighted by Gasteiger charge is 2.35. The van der Waals surface area contributed by atoms with E-state index in [9.17, 15) is 5.11 Å². The minimum atomic E-state index is -1.37. The van der Waals surface area contributed by atoms with E-state index in [-0.39, 0.29) is 6.79 Å². The molecule has 6 nitrogen and oxygen atoms in total. The molecule has 1 aromatic carbocycles. The number of benzene rings is 1. The van der Waals surface area contributed by atoms with E-state index in [0.29, 0.717) is 36.6 Å². The van der Waals surface area contributed by atoms with Crippen LogP contribution in [0.2, 0.25) is 0 Å². The quantitative estimate of drug-likeness (QED) is 0.610. The van der Waals surface area contributed by atoms with Crippen LogP contribution in [0.15, 0.2) is 59.1 Å². The third-order valence-electron chi connectivity index (χ3n) is 5.09. The van der Waals surface area contributed by atoms with Crippen LogP contribution < -0.4 is 9.47 Å². The van der Waals surface area contributed by atoms with Gasteiger partial charge in [0.15, 0.2) is 17.1 Å². The Morgan fingerprint density at radius 3 is 2.52 bits per heavy atom. The van der Waals surface area contributed by atoms with Gasteiger partial charge in [0, 0.05) is 20.2 Å². The largest absolute Gasteiger partial charge is 0.461 e. The van der Waals surface area contributed by atoms with Gasteiger partial charge >= 0.3 is 0 Å². The number of ether oxygens (including phenoxy) is 3. The normalized spacial score (nSPS) is 13.1. The molecule has 0 aliphatic carbocycles. The number of hydrogen-bond acceptors (Lipinski definition) is 6. The summed E-state index contributed by atoms with van der Waals surface area (Å²) in [4.78, 5) is 2.21. The van der Waals surface area contributed by atoms with E-state index in [1.165, 1.54) is 0 Å². The number of fused-ring (bicyclic) bond motifs is 1. The average Bonchev–Trinajstić information content (AvgIpc) is 3.34. The highest BCUT2D eigenvalue weighted by Crippen LogP contribution is 2.36. The smallest absolute Gasteiger partial charge is 0.231 e. The highest BCUT2D eigenvalue weighted by atomic mass is 16.7. The minimum Gasteiger partial charge on any atom is -0.461 e. The first-order valence-corrected chi connectivity index (χ1v) is 9.58. The minimum absolute atomic E-state index is 0.260. The molecule has 1 aromatic heterocycles. The fourth-order valence-electron chi connectivity index (χ4n) is 3.39. The van der Waals surface area contributed by atoms with E-state index in [1.807, 2.05) is 24.3 Å². The van der Waals surface area contributed by atoms with Crippen molar-refractivity contribution in [2.24, 2.45) is 0 Å². The molecule has 0 atom stereocenters. The zero-order chi connectivity index (χ0) is 21.0. The van der Waals surface area contributed by atoms with Gasteiger partial charge in [-0.15, -0.1) is 0 Å². The Bertz CT molecular complexity index is 871. The van der Waals surface area contributed by atoms with Crippen LogP contribution in [0.3, 0.4) is 0 Å². The van der Waals surface area contributed by atoms with Gasteiger partial charge in [0.25, 0.3) is 0 Å². The lowest BCUT2D eigenvalue weighted by molar-refractivity contribution is 0.0863. The van der Waals surface area contributed by atoms with E-state index in [4.69, 9.17) is 18.6 Å². The van der Waals surface area contributed by atoms with Crippen molar-refractivity contribution in [3.63, 3.8) is 0 Å². The van der Waals surface area contributed by atoms with Crippen molar-refractivity contribution in [3.8, 4) is 11.5 Å². The molecule has 1 aliphatic heterocycles. The third-order valence-corrected chi connectivity index (χ3v) is 5.09. The van der Waals surface area contributed by atoms with Crippen LogP contribution in [0.1, 0.15) is 30.9 Å². The zero-order valence-corrected chi connectivity index (χ0v) is 17.4. The van der Waals surface area contributed by atoms with Crippen molar-refractivity contribution in [2.75, 3.05) is 27.1 Å². The molecule has 29 heavy (non-hydrogen) atoms. The van der Waals surface area contributed by atoms with Crippen LogP contribution in [0.5, 0.6) is 11.5 Å². The Balaban J connectivity index is 1.76. The van der Waals surface area contributed by atoms with Crippen LogP contribution in [0.25, 0.3) is 0 Å². The molecular weight excluding hydrogens is 370 g/mol. The number of methoxy groups -OCH3 is 1. The summed E-state index contributed by atoms with van der Waals surface area (Å²) in [7, 11) is 1.68. The molecule has 0 fully saturated rings. The second kappa shape index (κ2) is 8.86. The fourth-order valence-corrected chi connectivity index (χ4v) is 3.39. The van der Waals surface area contributed by atoms with E-state index in [0.717, 1.165) is 29.4 Å². The molecule has 2 aromatic rings. The molecule has 0 radical (unpaired) electrons. The van der Waals surface area contributed by atoms with Gasteiger partial charge in [0.1, 0.15) is 11.5 Å². The summed E-state index contributed by atoms with van der Waals surface area (Å²) in [5.74, 6) is 2.72. The van der Waals surface area contributed by atoms with Crippen molar-refractivity contribution in [1.82, 2.24) is 4.90 Å². The van der Waals surface area contributed by atoms with Crippen LogP contribution in [0.4, 0.5) is 0 Å². The fraction of sp³-hybridized carbons (Fsp3) is 0.391. The molecule has 156 valence electrons. The van der Waals surface area contributed by atoms with Crippen LogP contribution in [0, 0.1) is 0 Å². The Labute approximate surface area is 172 Å². The summed E-state index contributed by atoms with van der Waals surface area (Å²) in [6, 6.07) is 9.62. The Hall–Kier alpha value is -2.54. The Kier molecular flexibility index (Phi) is 6.47. The zero-order valence-electron chi connectivity index (χ0n) is 17.4. The first-order chi connectivity index (χ1) is 13.8. The predicted octanol–water partition coefficient (Wildman–Crippen LogP) is 4.00. The van der Waals surface area contributed by atoms with Crippen molar-refractivity contribution in [2.45, 2.75) is 32.5 Å². The van der Waals surface area contributed by atoms with E-state index in [1.54, 1.807) is 27.0 Å². The van der Waals surface area contributed by atoms with Gasteiger partial charge in [-0.3, -0.25) is 4.90 Å². The molecule has 6 heteroatoms. The number of hydrogen-bond donors (Lipinski definition) is 1. The van der Waals surface area contributed by atoms with Gasteiger partial charge in [-0.05, 0) is 54.8 Å². The van der Waals surface area contributed by atoms with E-state index in [2.05, 4.69) is 18.1 Å². The lowest BCUT2D eigenvalue weighted by Gasteiger charge is -2.27. The lowest BCUT2D eigenvalue weighted by atomic mass is 9.87. The van der Waals surface area contributed by atoms with E-state index < -0.39 is 5.60 Å². The molecule has 1 aliphatic rings. The molecule has 0 amide bonds. The number of nitrogens with zero attached hydrogens (tertiary/aromatic N) is 1. The molecule has 0 unspecified atom stereocenters. The van der Waals surface area contributed by atoms with Gasteiger partial charge in [-0.25, -0.2) is 0 Å². The molecule has 3 rings (SSSR count). The molecular formula is C23H29NO5. The topological polar surface area (TPSA) is 64.3 Å².